The van der Waals surface area contributed by atoms with Gasteiger partial charge in [-0.25, -0.2) is 0 Å². The summed E-state index contributed by atoms with van der Waals surface area (Å²) in [5.74, 6) is 0. The van der Waals surface area contributed by atoms with Crippen molar-refractivity contribution in [2.24, 2.45) is 0 Å². The summed E-state index contributed by atoms with van der Waals surface area (Å²) >= 11 is 0. The number of H-pyrrole nitrogens is 1. The minimum Gasteiger partial charge on any atom is -0.354 e. The van der Waals surface area contributed by atoms with Gasteiger partial charge in [-0.05, 0) is 53.4 Å². The number of hydrogen-bond donors (Lipinski definition) is 1. The molecule has 0 bridgehead atoms. The second-order valence-corrected chi connectivity index (χ2v) is 5.56. The molecule has 0 unspecified atom stereocenters. The molecule has 0 aliphatic carbocycles. The van der Waals surface area contributed by atoms with Crippen LogP contribution in [-0.4, -0.2) is 4.98 Å². The zero-order valence-corrected chi connectivity index (χ0v) is 12.3. The molecule has 4 rings (SSSR count). The highest BCUT2D eigenvalue weighted by Gasteiger charge is 2.17. The van der Waals surface area contributed by atoms with Gasteiger partial charge in [-0.3, -0.25) is 0 Å². The Kier molecular flexibility index (Phi) is 2.46. The van der Waals surface area contributed by atoms with Crippen molar-refractivity contribution < 1.29 is 0 Å². The first-order chi connectivity index (χ1) is 10.3. The maximum Gasteiger partial charge on any atom is 0.0471 e. The van der Waals surface area contributed by atoms with Crippen LogP contribution in [0.1, 0.15) is 23.6 Å². The van der Waals surface area contributed by atoms with Gasteiger partial charge < -0.3 is 4.98 Å². The predicted molar refractivity (Wildman–Crippen MR) is 94.0 cm³/mol. The smallest absolute Gasteiger partial charge is 0.0471 e. The maximum absolute atomic E-state index is 4.05. The van der Waals surface area contributed by atoms with Crippen LogP contribution >= 0.6 is 0 Å². The lowest BCUT2D eigenvalue weighted by Gasteiger charge is -2.13. The van der Waals surface area contributed by atoms with E-state index in [4.69, 9.17) is 0 Å². The van der Waals surface area contributed by atoms with Gasteiger partial charge in [-0.1, -0.05) is 43.0 Å². The van der Waals surface area contributed by atoms with E-state index in [2.05, 4.69) is 67.9 Å². The summed E-state index contributed by atoms with van der Waals surface area (Å²) < 4.78 is 0. The van der Waals surface area contributed by atoms with E-state index in [0.29, 0.717) is 0 Å². The monoisotopic (exact) mass is 271 g/mol. The number of hydrogen-bond acceptors (Lipinski definition) is 0. The molecule has 0 radical (unpaired) electrons. The van der Waals surface area contributed by atoms with Crippen molar-refractivity contribution in [3.63, 3.8) is 0 Å². The predicted octanol–water partition coefficient (Wildman–Crippen LogP) is 5.90. The van der Waals surface area contributed by atoms with E-state index < -0.39 is 0 Å². The summed E-state index contributed by atoms with van der Waals surface area (Å²) in [6, 6.07) is 10.8. The fourth-order valence-corrected chi connectivity index (χ4v) is 3.55. The van der Waals surface area contributed by atoms with E-state index in [1.54, 1.807) is 0 Å². The van der Waals surface area contributed by atoms with Gasteiger partial charge in [-0.15, -0.1) is 0 Å². The van der Waals surface area contributed by atoms with Gasteiger partial charge in [-0.2, -0.15) is 0 Å². The third kappa shape index (κ3) is 1.46. The van der Waals surface area contributed by atoms with Crippen molar-refractivity contribution >= 4 is 44.7 Å². The topological polar surface area (TPSA) is 15.8 Å². The Morgan fingerprint density at radius 3 is 2.52 bits per heavy atom. The van der Waals surface area contributed by atoms with Crippen molar-refractivity contribution in [1.82, 2.24) is 4.98 Å². The largest absolute Gasteiger partial charge is 0.354 e. The average Bonchev–Trinajstić information content (AvgIpc) is 2.87. The fourth-order valence-electron chi connectivity index (χ4n) is 3.55. The molecule has 1 aromatic heterocycles. The van der Waals surface area contributed by atoms with Gasteiger partial charge in [0.25, 0.3) is 0 Å². The van der Waals surface area contributed by atoms with E-state index in [1.807, 2.05) is 6.08 Å². The molecule has 0 saturated carbocycles. The highest BCUT2D eigenvalue weighted by atomic mass is 14.7. The van der Waals surface area contributed by atoms with Gasteiger partial charge in [0.1, 0.15) is 0 Å². The highest BCUT2D eigenvalue weighted by molar-refractivity contribution is 6.27. The lowest BCUT2D eigenvalue weighted by Crippen LogP contribution is -1.90. The number of allylic oxidation sites excluding steroid dienone is 1. The van der Waals surface area contributed by atoms with Crippen LogP contribution in [0.15, 0.2) is 43.0 Å². The minimum atomic E-state index is 1.20. The molecule has 0 saturated heterocycles. The molecule has 4 aromatic rings. The molecule has 102 valence electrons. The van der Waals surface area contributed by atoms with E-state index in [9.17, 15) is 0 Å². The van der Waals surface area contributed by atoms with Gasteiger partial charge in [0.15, 0.2) is 0 Å². The molecule has 0 fully saturated rings. The van der Waals surface area contributed by atoms with Gasteiger partial charge in [0.05, 0.1) is 0 Å². The summed E-state index contributed by atoms with van der Waals surface area (Å²) in [5.41, 5.74) is 6.22. The van der Waals surface area contributed by atoms with Crippen molar-refractivity contribution in [1.29, 1.82) is 0 Å². The molecule has 21 heavy (non-hydrogen) atoms. The molecule has 1 nitrogen and oxygen atoms in total. The van der Waals surface area contributed by atoms with Crippen LogP contribution in [0.5, 0.6) is 0 Å². The van der Waals surface area contributed by atoms with Crippen molar-refractivity contribution in [3.05, 3.63) is 59.7 Å². The third-order valence-electron chi connectivity index (χ3n) is 4.38. The van der Waals surface area contributed by atoms with Gasteiger partial charge in [0, 0.05) is 21.8 Å². The Balaban J connectivity index is 2.46. The zero-order valence-electron chi connectivity index (χ0n) is 12.3. The summed E-state index contributed by atoms with van der Waals surface area (Å²) in [7, 11) is 0. The molecule has 0 aliphatic heterocycles. The first-order valence-electron chi connectivity index (χ1n) is 7.30. The summed E-state index contributed by atoms with van der Waals surface area (Å²) in [5, 5.41) is 5.29. The molecular formula is C20H17N. The molecule has 0 atom stereocenters. The van der Waals surface area contributed by atoms with Crippen molar-refractivity contribution in [3.8, 4) is 0 Å². The van der Waals surface area contributed by atoms with E-state index >= 15 is 0 Å². The fraction of sp³-hybridized carbons (Fsp3) is 0.100. The second kappa shape index (κ2) is 4.23. The number of aromatic amines is 1. The lowest BCUT2D eigenvalue weighted by molar-refractivity contribution is 1.51. The van der Waals surface area contributed by atoms with Gasteiger partial charge in [0.2, 0.25) is 0 Å². The van der Waals surface area contributed by atoms with Crippen LogP contribution in [0.3, 0.4) is 0 Å². The number of benzene rings is 3. The first-order valence-corrected chi connectivity index (χ1v) is 7.30. The van der Waals surface area contributed by atoms with Crippen LogP contribution in [-0.2, 0) is 0 Å². The van der Waals surface area contributed by atoms with E-state index in [-0.39, 0.29) is 0 Å². The van der Waals surface area contributed by atoms with E-state index in [1.165, 1.54) is 49.3 Å². The molecule has 1 heterocycles. The minimum absolute atomic E-state index is 1.20. The molecule has 0 spiro atoms. The quantitative estimate of drug-likeness (QED) is 0.437. The van der Waals surface area contributed by atoms with Crippen LogP contribution in [0.2, 0.25) is 0 Å². The van der Waals surface area contributed by atoms with Gasteiger partial charge >= 0.3 is 0 Å². The summed E-state index contributed by atoms with van der Waals surface area (Å²) in [4.78, 5) is 3.55. The maximum atomic E-state index is 4.05. The van der Waals surface area contributed by atoms with Crippen LogP contribution < -0.4 is 0 Å². The first kappa shape index (κ1) is 12.2. The summed E-state index contributed by atoms with van der Waals surface area (Å²) in [6.07, 6.45) is 6.29. The molecule has 3 aromatic carbocycles. The number of rotatable bonds is 2. The van der Waals surface area contributed by atoms with E-state index in [0.717, 1.165) is 0 Å². The summed E-state index contributed by atoms with van der Waals surface area (Å²) in [6.45, 7) is 8.30. The Labute approximate surface area is 123 Å². The average molecular weight is 271 g/mol. The number of aromatic nitrogens is 1. The zero-order chi connectivity index (χ0) is 14.6. The third-order valence-corrected chi connectivity index (χ3v) is 4.38. The second-order valence-electron chi connectivity index (χ2n) is 5.56. The normalized spacial score (nSPS) is 12.3. The Hall–Kier alpha value is -2.54. The molecular weight excluding hydrogens is 254 g/mol. The van der Waals surface area contributed by atoms with Crippen LogP contribution in [0, 0.1) is 6.92 Å². The molecule has 1 N–H and O–H groups in total. The molecule has 0 amide bonds. The lowest BCUT2D eigenvalue weighted by atomic mass is 9.89. The van der Waals surface area contributed by atoms with Crippen LogP contribution in [0.4, 0.5) is 0 Å². The molecule has 1 heteroatoms. The van der Waals surface area contributed by atoms with Crippen molar-refractivity contribution in [2.75, 3.05) is 0 Å². The Morgan fingerprint density at radius 1 is 0.952 bits per heavy atom. The Bertz CT molecular complexity index is 1010. The standard InChI is InChI=1S/C20H17N/c1-4-7-14-13(5-2)15-8-6-9-16-19(15)20-17(21-16)11-10-12(3)18(14)20/h4-11,21H,2H2,1,3H3/b7-4-. The number of aryl methyl sites for hydroxylation is 1. The Morgan fingerprint density at radius 2 is 1.76 bits per heavy atom. The number of nitrogens with one attached hydrogen (secondary N) is 1. The SMILES string of the molecule is C=Cc1c(/C=C\C)c2c(C)ccc3[nH]c4cccc1c4c32. The van der Waals surface area contributed by atoms with Crippen molar-refractivity contribution in [2.45, 2.75) is 13.8 Å². The van der Waals surface area contributed by atoms with Crippen LogP contribution in [0.25, 0.3) is 44.7 Å². The molecule has 0 aliphatic rings. The highest BCUT2D eigenvalue weighted by Crippen LogP contribution is 2.41.